The van der Waals surface area contributed by atoms with Gasteiger partial charge in [-0.05, 0) is 24.6 Å². The molecule has 1 aliphatic rings. The monoisotopic (exact) mass is 478 g/mol. The van der Waals surface area contributed by atoms with Crippen molar-refractivity contribution in [2.24, 2.45) is 0 Å². The van der Waals surface area contributed by atoms with E-state index in [1.54, 1.807) is 12.1 Å². The Morgan fingerprint density at radius 3 is 2.29 bits per heavy atom. The molecule has 0 spiro atoms. The molecule has 0 saturated carbocycles. The van der Waals surface area contributed by atoms with Gasteiger partial charge < -0.3 is 33.4 Å². The number of aryl methyl sites for hydroxylation is 1. The summed E-state index contributed by atoms with van der Waals surface area (Å²) in [6, 6.07) is 4.22. The first-order valence-corrected chi connectivity index (χ1v) is 10.5. The molecule has 3 rings (SSSR count). The molecule has 1 N–H and O–H groups in total. The van der Waals surface area contributed by atoms with Gasteiger partial charge in [0.15, 0.2) is 17.8 Å². The van der Waals surface area contributed by atoms with E-state index < -0.39 is 54.5 Å². The van der Waals surface area contributed by atoms with E-state index in [9.17, 15) is 19.2 Å². The van der Waals surface area contributed by atoms with Crippen molar-refractivity contribution in [3.8, 4) is 6.08 Å². The van der Waals surface area contributed by atoms with Gasteiger partial charge in [-0.15, -0.1) is 0 Å². The smallest absolute Gasteiger partial charge is 0.397 e. The largest absolute Gasteiger partial charge is 0.463 e. The van der Waals surface area contributed by atoms with E-state index in [4.69, 9.17) is 28.1 Å². The van der Waals surface area contributed by atoms with Crippen LogP contribution in [0, 0.1) is 6.92 Å². The molecule has 1 amide bonds. The highest BCUT2D eigenvalue weighted by Crippen LogP contribution is 2.30. The summed E-state index contributed by atoms with van der Waals surface area (Å²) in [6.07, 6.45) is -5.03. The van der Waals surface area contributed by atoms with Crippen molar-refractivity contribution in [2.45, 2.75) is 65.3 Å². The van der Waals surface area contributed by atoms with Crippen molar-refractivity contribution in [1.29, 1.82) is 0 Å². The Hall–Kier alpha value is -3.67. The molecule has 1 aromatic carbocycles. The summed E-state index contributed by atoms with van der Waals surface area (Å²) in [6.45, 7) is 6.31. The minimum atomic E-state index is -1.31. The van der Waals surface area contributed by atoms with Crippen LogP contribution >= 0.6 is 0 Å². The molecule has 12 nitrogen and oxygen atoms in total. The zero-order chi connectivity index (χ0) is 25.0. The lowest BCUT2D eigenvalue weighted by Crippen LogP contribution is -2.67. The van der Waals surface area contributed by atoms with Crippen molar-refractivity contribution in [2.75, 3.05) is 6.61 Å². The van der Waals surface area contributed by atoms with Gasteiger partial charge in [-0.2, -0.15) is 4.98 Å². The number of ether oxygens (including phenoxy) is 5. The van der Waals surface area contributed by atoms with Crippen molar-refractivity contribution in [1.82, 2.24) is 10.3 Å². The molecule has 1 aromatic heterocycles. The van der Waals surface area contributed by atoms with Crippen molar-refractivity contribution in [3.05, 3.63) is 23.8 Å². The maximum Gasteiger partial charge on any atom is 0.397 e. The molecule has 0 aliphatic carbocycles. The number of amides is 1. The minimum absolute atomic E-state index is 0.167. The van der Waals surface area contributed by atoms with Crippen LogP contribution in [-0.2, 0) is 38.1 Å². The van der Waals surface area contributed by atoms with E-state index in [1.807, 2.05) is 13.0 Å². The third kappa shape index (κ3) is 6.22. The lowest BCUT2D eigenvalue weighted by Gasteiger charge is -2.44. The summed E-state index contributed by atoms with van der Waals surface area (Å²) in [5.74, 6) is -2.51. The first-order chi connectivity index (χ1) is 16.0. The summed E-state index contributed by atoms with van der Waals surface area (Å²) in [4.78, 5) is 51.3. The van der Waals surface area contributed by atoms with Crippen LogP contribution in [0.1, 0.15) is 33.3 Å². The number of esters is 3. The van der Waals surface area contributed by atoms with Gasteiger partial charge in [-0.3, -0.25) is 19.2 Å². The predicted octanol–water partition coefficient (Wildman–Crippen LogP) is 1.17. The van der Waals surface area contributed by atoms with Crippen LogP contribution in [0.15, 0.2) is 22.6 Å². The molecule has 1 saturated heterocycles. The summed E-state index contributed by atoms with van der Waals surface area (Å²) >= 11 is 0. The minimum Gasteiger partial charge on any atom is -0.463 e. The predicted molar refractivity (Wildman–Crippen MR) is 113 cm³/mol. The number of oxazole rings is 1. The van der Waals surface area contributed by atoms with E-state index >= 15 is 0 Å². The second kappa shape index (κ2) is 10.5. The Morgan fingerprint density at radius 2 is 1.68 bits per heavy atom. The average Bonchev–Trinajstić information content (AvgIpc) is 3.11. The Morgan fingerprint density at radius 1 is 1.00 bits per heavy atom. The Bertz CT molecular complexity index is 1080. The summed E-state index contributed by atoms with van der Waals surface area (Å²) in [5, 5.41) is 2.60. The van der Waals surface area contributed by atoms with Crippen LogP contribution in [0.5, 0.6) is 6.08 Å². The first kappa shape index (κ1) is 25.0. The normalized spacial score (nSPS) is 24.2. The summed E-state index contributed by atoms with van der Waals surface area (Å²) < 4.78 is 33.1. The van der Waals surface area contributed by atoms with Gasteiger partial charge in [0.25, 0.3) is 0 Å². The lowest BCUT2D eigenvalue weighted by molar-refractivity contribution is -0.259. The molecule has 0 unspecified atom stereocenters. The summed E-state index contributed by atoms with van der Waals surface area (Å²) in [5.41, 5.74) is 1.95. The fourth-order valence-corrected chi connectivity index (χ4v) is 3.56. The molecule has 12 heteroatoms. The van der Waals surface area contributed by atoms with Crippen LogP contribution in [0.2, 0.25) is 0 Å². The number of carbonyl (C=O) groups excluding carboxylic acids is 4. The molecular weight excluding hydrogens is 452 g/mol. The number of hydrogen-bond donors (Lipinski definition) is 1. The molecule has 184 valence electrons. The van der Waals surface area contributed by atoms with E-state index in [1.165, 1.54) is 13.8 Å². The number of nitrogens with one attached hydrogen (secondary N) is 1. The van der Waals surface area contributed by atoms with Crippen molar-refractivity contribution in [3.63, 3.8) is 0 Å². The molecular formula is C22H26N2O10. The third-order valence-corrected chi connectivity index (χ3v) is 4.81. The van der Waals surface area contributed by atoms with Gasteiger partial charge in [0.05, 0.1) is 0 Å². The molecule has 2 heterocycles. The van der Waals surface area contributed by atoms with Gasteiger partial charge in [0, 0.05) is 27.7 Å². The van der Waals surface area contributed by atoms with Crippen LogP contribution in [0.25, 0.3) is 11.1 Å². The van der Waals surface area contributed by atoms with E-state index in [2.05, 4.69) is 10.3 Å². The third-order valence-electron chi connectivity index (χ3n) is 4.81. The Balaban J connectivity index is 1.98. The number of nitrogens with zero attached hydrogens (tertiary/aromatic N) is 1. The zero-order valence-corrected chi connectivity index (χ0v) is 19.4. The van der Waals surface area contributed by atoms with Gasteiger partial charge in [0.1, 0.15) is 24.3 Å². The van der Waals surface area contributed by atoms with Crippen LogP contribution in [-0.4, -0.2) is 66.0 Å². The number of hydrogen-bond acceptors (Lipinski definition) is 11. The zero-order valence-electron chi connectivity index (χ0n) is 19.4. The highest BCUT2D eigenvalue weighted by molar-refractivity contribution is 5.74. The summed E-state index contributed by atoms with van der Waals surface area (Å²) in [7, 11) is 0. The second-order valence-corrected chi connectivity index (χ2v) is 7.79. The van der Waals surface area contributed by atoms with Crippen LogP contribution in [0.3, 0.4) is 0 Å². The maximum absolute atomic E-state index is 12.0. The number of benzene rings is 1. The fraction of sp³-hybridized carbons (Fsp3) is 0.500. The number of aromatic nitrogens is 1. The standard InChI is InChI=1S/C22H26N2O10/c1-10-6-7-16-15(8-10)24-22(33-16)34-21-18(23-11(2)25)20(31-14(5)28)19(30-13(4)27)17(32-21)9-29-12(3)26/h6-8,17-21H,9H2,1-5H3,(H,23,25)/t17-,18+,19+,20+,21+/m1/s1. The molecule has 5 atom stereocenters. The number of rotatable bonds is 7. The molecule has 1 fully saturated rings. The van der Waals surface area contributed by atoms with Crippen molar-refractivity contribution < 1.29 is 47.3 Å². The van der Waals surface area contributed by atoms with Gasteiger partial charge in [-0.25, -0.2) is 0 Å². The van der Waals surface area contributed by atoms with Crippen LogP contribution < -0.4 is 10.1 Å². The van der Waals surface area contributed by atoms with Crippen molar-refractivity contribution >= 4 is 34.9 Å². The van der Waals surface area contributed by atoms with Gasteiger partial charge >= 0.3 is 24.0 Å². The van der Waals surface area contributed by atoms with E-state index in [0.717, 1.165) is 19.4 Å². The molecule has 0 radical (unpaired) electrons. The SMILES string of the molecule is CC(=O)N[C@@H]1[C@H](Oc2nc3cc(C)ccc3o2)O[C@H](COC(C)=O)[C@H](OC(C)=O)[C@H]1OC(C)=O. The molecule has 0 bridgehead atoms. The van der Waals surface area contributed by atoms with Gasteiger partial charge in [-0.1, -0.05) is 6.07 Å². The Labute approximate surface area is 194 Å². The molecule has 2 aromatic rings. The van der Waals surface area contributed by atoms with Crippen LogP contribution in [0.4, 0.5) is 0 Å². The molecule has 34 heavy (non-hydrogen) atoms. The first-order valence-electron chi connectivity index (χ1n) is 10.5. The number of carbonyl (C=O) groups is 4. The van der Waals surface area contributed by atoms with Gasteiger partial charge in [0.2, 0.25) is 12.2 Å². The second-order valence-electron chi connectivity index (χ2n) is 7.79. The van der Waals surface area contributed by atoms with E-state index in [-0.39, 0.29) is 12.7 Å². The maximum atomic E-state index is 12.0. The van der Waals surface area contributed by atoms with E-state index in [0.29, 0.717) is 11.1 Å². The molecule has 1 aliphatic heterocycles. The highest BCUT2D eigenvalue weighted by Gasteiger charge is 2.52. The topological polar surface area (TPSA) is 152 Å². The Kier molecular flexibility index (Phi) is 7.72. The lowest BCUT2D eigenvalue weighted by atomic mass is 9.96. The number of fused-ring (bicyclic) bond motifs is 1. The average molecular weight is 478 g/mol. The quantitative estimate of drug-likeness (QED) is 0.451. The fourth-order valence-electron chi connectivity index (χ4n) is 3.56. The highest BCUT2D eigenvalue weighted by atomic mass is 16.7.